The Morgan fingerprint density at radius 2 is 1.18 bits per heavy atom. The van der Waals surface area contributed by atoms with E-state index in [-0.39, 0.29) is 24.6 Å². The molecule has 0 unspecified atom stereocenters. The van der Waals surface area contributed by atoms with Crippen LogP contribution in [-0.2, 0) is 32.9 Å². The van der Waals surface area contributed by atoms with E-state index in [0.717, 1.165) is 57.1 Å². The number of hydrogen-bond acceptors (Lipinski definition) is 8. The molecule has 0 aromatic carbocycles. The van der Waals surface area contributed by atoms with E-state index in [2.05, 4.69) is 11.4 Å². The van der Waals surface area contributed by atoms with E-state index >= 15 is 0 Å². The number of phosphoric ester groups is 1. The number of carbonyl (C=O) groups excluding carboxylic acids is 3. The van der Waals surface area contributed by atoms with Crippen LogP contribution in [0.3, 0.4) is 0 Å². The molecule has 0 rings (SSSR count). The molecule has 1 atom stereocenters. The maximum Gasteiger partial charge on any atom is 0.469 e. The Kier molecular flexibility index (Phi) is 24.5. The third-order valence-corrected chi connectivity index (χ3v) is 7.36. The zero-order chi connectivity index (χ0) is 28.5. The van der Waals surface area contributed by atoms with Crippen molar-refractivity contribution >= 4 is 36.6 Å². The van der Waals surface area contributed by atoms with Gasteiger partial charge in [-0.25, -0.2) is 4.57 Å². The Bertz CT molecular complexity index is 669. The Morgan fingerprint density at radius 3 is 1.68 bits per heavy atom. The van der Waals surface area contributed by atoms with Crippen molar-refractivity contribution in [3.8, 4) is 0 Å². The van der Waals surface area contributed by atoms with Gasteiger partial charge in [-0.1, -0.05) is 102 Å². The van der Waals surface area contributed by atoms with Crippen molar-refractivity contribution in [2.75, 3.05) is 19.0 Å². The predicted molar refractivity (Wildman–Crippen MR) is 151 cm³/mol. The summed E-state index contributed by atoms with van der Waals surface area (Å²) in [5.41, 5.74) is 0. The number of phosphoric acid groups is 1. The Labute approximate surface area is 233 Å². The summed E-state index contributed by atoms with van der Waals surface area (Å²) in [4.78, 5) is 53.1. The van der Waals surface area contributed by atoms with E-state index in [1.54, 1.807) is 6.92 Å². The number of rotatable bonds is 26. The number of esters is 2. The molecule has 224 valence electrons. The van der Waals surface area contributed by atoms with Gasteiger partial charge >= 0.3 is 19.8 Å². The molecule has 0 bridgehead atoms. The van der Waals surface area contributed by atoms with Crippen LogP contribution in [-0.4, -0.2) is 51.9 Å². The number of carbonyl (C=O) groups is 3. The third kappa shape index (κ3) is 28.1. The first-order valence-corrected chi connectivity index (χ1v) is 16.8. The molecule has 0 radical (unpaired) electrons. The molecule has 0 saturated heterocycles. The fraction of sp³-hybridized carbons (Fsp3) is 0.889. The lowest BCUT2D eigenvalue weighted by Crippen LogP contribution is -2.29. The molecular formula is C27H51O9PS. The van der Waals surface area contributed by atoms with Crippen LogP contribution in [0.1, 0.15) is 129 Å². The summed E-state index contributed by atoms with van der Waals surface area (Å²) < 4.78 is 26.0. The van der Waals surface area contributed by atoms with Crippen LogP contribution in [0.25, 0.3) is 0 Å². The van der Waals surface area contributed by atoms with Crippen LogP contribution in [0.2, 0.25) is 0 Å². The molecule has 2 N–H and O–H groups in total. The second-order valence-electron chi connectivity index (χ2n) is 9.72. The molecule has 0 aliphatic heterocycles. The lowest BCUT2D eigenvalue weighted by atomic mass is 10.1. The Hall–Kier alpha value is -0.930. The van der Waals surface area contributed by atoms with Crippen LogP contribution < -0.4 is 0 Å². The molecule has 38 heavy (non-hydrogen) atoms. The maximum absolute atomic E-state index is 12.2. The van der Waals surface area contributed by atoms with Gasteiger partial charge in [0.15, 0.2) is 11.2 Å². The highest BCUT2D eigenvalue weighted by atomic mass is 32.2. The van der Waals surface area contributed by atoms with E-state index in [1.165, 1.54) is 50.3 Å². The highest BCUT2D eigenvalue weighted by Gasteiger charge is 2.22. The van der Waals surface area contributed by atoms with Crippen LogP contribution >= 0.6 is 19.6 Å². The van der Waals surface area contributed by atoms with Gasteiger partial charge in [-0.2, -0.15) is 0 Å². The molecule has 0 aromatic rings. The molecule has 0 aliphatic carbocycles. The first kappa shape index (κ1) is 37.1. The summed E-state index contributed by atoms with van der Waals surface area (Å²) in [6.07, 6.45) is 16.4. The SMILES string of the molecule is CCCCCCCCCCCCC(=O)O[C@@H](COC(=O)CCCCCCCCSC(C)=O)COP(=O)(O)O. The molecule has 0 aromatic heterocycles. The van der Waals surface area contributed by atoms with Crippen LogP contribution in [0.5, 0.6) is 0 Å². The number of hydrogen-bond donors (Lipinski definition) is 2. The quantitative estimate of drug-likeness (QED) is 0.0631. The zero-order valence-corrected chi connectivity index (χ0v) is 25.2. The van der Waals surface area contributed by atoms with Gasteiger partial charge < -0.3 is 19.3 Å². The average Bonchev–Trinajstić information content (AvgIpc) is 2.85. The van der Waals surface area contributed by atoms with E-state index < -0.39 is 32.5 Å². The lowest BCUT2D eigenvalue weighted by Gasteiger charge is -2.18. The summed E-state index contributed by atoms with van der Waals surface area (Å²) in [5, 5.41) is 0.142. The molecule has 0 fully saturated rings. The molecule has 0 spiro atoms. The monoisotopic (exact) mass is 582 g/mol. The van der Waals surface area contributed by atoms with Crippen molar-refractivity contribution in [3.63, 3.8) is 0 Å². The van der Waals surface area contributed by atoms with Gasteiger partial charge in [0.2, 0.25) is 0 Å². The minimum atomic E-state index is -4.75. The van der Waals surface area contributed by atoms with Crippen molar-refractivity contribution in [1.29, 1.82) is 0 Å². The summed E-state index contributed by atoms with van der Waals surface area (Å²) in [7, 11) is -4.75. The minimum absolute atomic E-state index is 0.142. The van der Waals surface area contributed by atoms with Gasteiger partial charge in [0.25, 0.3) is 0 Å². The zero-order valence-electron chi connectivity index (χ0n) is 23.5. The Balaban J connectivity index is 4.07. The van der Waals surface area contributed by atoms with Crippen LogP contribution in [0.4, 0.5) is 0 Å². The minimum Gasteiger partial charge on any atom is -0.462 e. The largest absolute Gasteiger partial charge is 0.469 e. The van der Waals surface area contributed by atoms with Gasteiger partial charge in [0.1, 0.15) is 6.61 Å². The number of thioether (sulfide) groups is 1. The molecule has 0 aliphatic rings. The van der Waals surface area contributed by atoms with Gasteiger partial charge in [-0.15, -0.1) is 0 Å². The summed E-state index contributed by atoms with van der Waals surface area (Å²) >= 11 is 1.35. The van der Waals surface area contributed by atoms with Crippen molar-refractivity contribution < 1.29 is 42.7 Å². The molecule has 0 heterocycles. The topological polar surface area (TPSA) is 136 Å². The summed E-state index contributed by atoms with van der Waals surface area (Å²) in [6, 6.07) is 0. The maximum atomic E-state index is 12.2. The number of ether oxygens (including phenoxy) is 2. The first-order chi connectivity index (χ1) is 18.1. The fourth-order valence-electron chi connectivity index (χ4n) is 3.85. The fourth-order valence-corrected chi connectivity index (χ4v) is 4.85. The molecular weight excluding hydrogens is 531 g/mol. The lowest BCUT2D eigenvalue weighted by molar-refractivity contribution is -0.161. The molecule has 9 nitrogen and oxygen atoms in total. The van der Waals surface area contributed by atoms with E-state index in [1.807, 2.05) is 0 Å². The smallest absolute Gasteiger partial charge is 0.462 e. The van der Waals surface area contributed by atoms with Crippen LogP contribution in [0.15, 0.2) is 0 Å². The van der Waals surface area contributed by atoms with Crippen molar-refractivity contribution in [2.24, 2.45) is 0 Å². The highest BCUT2D eigenvalue weighted by Crippen LogP contribution is 2.35. The number of unbranched alkanes of at least 4 members (excludes halogenated alkanes) is 14. The predicted octanol–water partition coefficient (Wildman–Crippen LogP) is 6.87. The van der Waals surface area contributed by atoms with E-state index in [4.69, 9.17) is 19.3 Å². The Morgan fingerprint density at radius 1 is 0.711 bits per heavy atom. The molecule has 0 saturated carbocycles. The van der Waals surface area contributed by atoms with Crippen molar-refractivity contribution in [1.82, 2.24) is 0 Å². The van der Waals surface area contributed by atoms with Gasteiger partial charge in [0, 0.05) is 25.5 Å². The van der Waals surface area contributed by atoms with Gasteiger partial charge in [-0.3, -0.25) is 18.9 Å². The van der Waals surface area contributed by atoms with Crippen molar-refractivity contribution in [3.05, 3.63) is 0 Å². The van der Waals surface area contributed by atoms with E-state index in [0.29, 0.717) is 12.8 Å². The average molecular weight is 583 g/mol. The standard InChI is InChI=1S/C27H51O9PS/c1-3-4-5-6-7-8-9-10-14-17-20-27(30)36-25(23-35-37(31,32)33)22-34-26(29)19-16-13-11-12-15-18-21-38-24(2)28/h25H,3-23H2,1-2H3,(H2,31,32,33)/t25-/m0/s1. The van der Waals surface area contributed by atoms with E-state index in [9.17, 15) is 18.9 Å². The van der Waals surface area contributed by atoms with Gasteiger partial charge in [-0.05, 0) is 19.3 Å². The first-order valence-electron chi connectivity index (χ1n) is 14.3. The molecule has 0 amide bonds. The normalized spacial score (nSPS) is 12.3. The van der Waals surface area contributed by atoms with Gasteiger partial charge in [0.05, 0.1) is 6.61 Å². The summed E-state index contributed by atoms with van der Waals surface area (Å²) in [6.45, 7) is 2.91. The second kappa shape index (κ2) is 25.1. The van der Waals surface area contributed by atoms with Crippen molar-refractivity contribution in [2.45, 2.75) is 136 Å². The van der Waals surface area contributed by atoms with Crippen LogP contribution in [0, 0.1) is 0 Å². The second-order valence-corrected chi connectivity index (χ2v) is 12.2. The summed E-state index contributed by atoms with van der Waals surface area (Å²) in [5.74, 6) is -0.102. The third-order valence-electron chi connectivity index (χ3n) is 5.97. The molecule has 11 heteroatoms. The highest BCUT2D eigenvalue weighted by molar-refractivity contribution is 8.13.